The molecular formula is C10H11N3O. The van der Waals surface area contributed by atoms with Gasteiger partial charge in [0.05, 0.1) is 12.8 Å². The second kappa shape index (κ2) is 3.41. The van der Waals surface area contributed by atoms with Crippen LogP contribution in [0.2, 0.25) is 0 Å². The van der Waals surface area contributed by atoms with E-state index >= 15 is 0 Å². The first-order valence-electron chi connectivity index (χ1n) is 4.24. The van der Waals surface area contributed by atoms with Gasteiger partial charge in [-0.1, -0.05) is 6.07 Å². The van der Waals surface area contributed by atoms with Crippen LogP contribution in [0.4, 0.5) is 5.95 Å². The predicted octanol–water partition coefficient (Wildman–Crippen LogP) is 1.46. The average molecular weight is 189 g/mol. The Labute approximate surface area is 81.9 Å². The van der Waals surface area contributed by atoms with Crippen LogP contribution < -0.4 is 10.5 Å². The molecule has 0 saturated heterocycles. The normalized spacial score (nSPS) is 10.1. The lowest BCUT2D eigenvalue weighted by Gasteiger charge is -2.06. The largest absolute Gasteiger partial charge is 0.497 e. The van der Waals surface area contributed by atoms with Crippen LogP contribution in [0.25, 0.3) is 5.69 Å². The van der Waals surface area contributed by atoms with Gasteiger partial charge in [0, 0.05) is 18.5 Å². The molecule has 0 radical (unpaired) electrons. The van der Waals surface area contributed by atoms with Crippen LogP contribution in [-0.2, 0) is 0 Å². The van der Waals surface area contributed by atoms with Crippen LogP contribution in [0.3, 0.4) is 0 Å². The van der Waals surface area contributed by atoms with E-state index in [1.807, 2.05) is 30.5 Å². The molecule has 1 aromatic carbocycles. The highest BCUT2D eigenvalue weighted by molar-refractivity contribution is 5.43. The smallest absolute Gasteiger partial charge is 0.204 e. The molecule has 2 aromatic rings. The molecule has 2 rings (SSSR count). The quantitative estimate of drug-likeness (QED) is 0.778. The number of anilines is 1. The van der Waals surface area contributed by atoms with Crippen LogP contribution in [0.1, 0.15) is 0 Å². The Morgan fingerprint density at radius 3 is 2.93 bits per heavy atom. The number of methoxy groups -OCH3 is 1. The maximum absolute atomic E-state index is 5.68. The molecule has 14 heavy (non-hydrogen) atoms. The Balaban J connectivity index is 2.47. The molecular weight excluding hydrogens is 178 g/mol. The lowest BCUT2D eigenvalue weighted by atomic mass is 10.3. The van der Waals surface area contributed by atoms with Gasteiger partial charge in [-0.3, -0.25) is 4.57 Å². The van der Waals surface area contributed by atoms with E-state index < -0.39 is 0 Å². The second-order valence-electron chi connectivity index (χ2n) is 2.86. The van der Waals surface area contributed by atoms with Gasteiger partial charge in [-0.25, -0.2) is 4.98 Å². The highest BCUT2D eigenvalue weighted by atomic mass is 16.5. The van der Waals surface area contributed by atoms with Gasteiger partial charge in [0.25, 0.3) is 0 Å². The van der Waals surface area contributed by atoms with Gasteiger partial charge in [-0.2, -0.15) is 0 Å². The molecule has 0 aliphatic rings. The molecule has 0 atom stereocenters. The summed E-state index contributed by atoms with van der Waals surface area (Å²) >= 11 is 0. The molecule has 0 aliphatic carbocycles. The zero-order valence-corrected chi connectivity index (χ0v) is 7.84. The summed E-state index contributed by atoms with van der Waals surface area (Å²) in [5.74, 6) is 1.27. The zero-order chi connectivity index (χ0) is 9.97. The minimum absolute atomic E-state index is 0.471. The first-order valence-corrected chi connectivity index (χ1v) is 4.24. The number of nitrogens with zero attached hydrogens (tertiary/aromatic N) is 2. The van der Waals surface area contributed by atoms with Crippen LogP contribution in [-0.4, -0.2) is 16.7 Å². The van der Waals surface area contributed by atoms with Crippen molar-refractivity contribution in [3.05, 3.63) is 36.7 Å². The molecule has 0 fully saturated rings. The summed E-state index contributed by atoms with van der Waals surface area (Å²) in [6.45, 7) is 0. The van der Waals surface area contributed by atoms with Crippen molar-refractivity contribution in [2.75, 3.05) is 12.8 Å². The van der Waals surface area contributed by atoms with E-state index in [9.17, 15) is 0 Å². The number of nitrogens with two attached hydrogens (primary N) is 1. The maximum atomic E-state index is 5.68. The fourth-order valence-corrected chi connectivity index (χ4v) is 1.29. The topological polar surface area (TPSA) is 53.1 Å². The highest BCUT2D eigenvalue weighted by Gasteiger charge is 2.01. The summed E-state index contributed by atoms with van der Waals surface area (Å²) in [6, 6.07) is 7.64. The Morgan fingerprint density at radius 2 is 2.29 bits per heavy atom. The van der Waals surface area contributed by atoms with Crippen LogP contribution in [0.15, 0.2) is 36.7 Å². The number of rotatable bonds is 2. The van der Waals surface area contributed by atoms with Crippen LogP contribution in [0, 0.1) is 0 Å². The van der Waals surface area contributed by atoms with E-state index in [0.717, 1.165) is 11.4 Å². The molecule has 4 nitrogen and oxygen atoms in total. The van der Waals surface area contributed by atoms with Crippen molar-refractivity contribution in [2.24, 2.45) is 0 Å². The van der Waals surface area contributed by atoms with E-state index in [0.29, 0.717) is 5.95 Å². The van der Waals surface area contributed by atoms with Gasteiger partial charge in [0.1, 0.15) is 5.75 Å². The van der Waals surface area contributed by atoms with Crippen LogP contribution >= 0.6 is 0 Å². The van der Waals surface area contributed by atoms with Crippen LogP contribution in [0.5, 0.6) is 5.75 Å². The third-order valence-corrected chi connectivity index (χ3v) is 2.00. The number of hydrogen-bond donors (Lipinski definition) is 1. The molecule has 0 spiro atoms. The first kappa shape index (κ1) is 8.62. The number of nitrogen functional groups attached to an aromatic ring is 1. The number of ether oxygens (including phenoxy) is 1. The molecule has 1 heterocycles. The average Bonchev–Trinajstić information content (AvgIpc) is 2.65. The molecule has 4 heteroatoms. The molecule has 0 saturated carbocycles. The van der Waals surface area contributed by atoms with Gasteiger partial charge in [0.15, 0.2) is 0 Å². The molecule has 72 valence electrons. The second-order valence-corrected chi connectivity index (χ2v) is 2.86. The monoisotopic (exact) mass is 189 g/mol. The molecule has 1 aromatic heterocycles. The first-order chi connectivity index (χ1) is 6.81. The predicted molar refractivity (Wildman–Crippen MR) is 54.5 cm³/mol. The van der Waals surface area contributed by atoms with E-state index in [1.165, 1.54) is 0 Å². The van der Waals surface area contributed by atoms with Gasteiger partial charge < -0.3 is 10.5 Å². The standard InChI is InChI=1S/C10H11N3O/c1-14-9-4-2-3-8(7-9)13-6-5-12-10(13)11/h2-7H,1H3,(H2,11,12). The highest BCUT2D eigenvalue weighted by Crippen LogP contribution is 2.17. The Morgan fingerprint density at radius 1 is 1.43 bits per heavy atom. The number of benzene rings is 1. The van der Waals surface area contributed by atoms with Crippen molar-refractivity contribution in [2.45, 2.75) is 0 Å². The van der Waals surface area contributed by atoms with Crippen molar-refractivity contribution < 1.29 is 4.74 Å². The summed E-state index contributed by atoms with van der Waals surface area (Å²) < 4.78 is 6.91. The van der Waals surface area contributed by atoms with E-state index in [1.54, 1.807) is 17.9 Å². The summed E-state index contributed by atoms with van der Waals surface area (Å²) in [4.78, 5) is 3.95. The van der Waals surface area contributed by atoms with E-state index in [2.05, 4.69) is 4.98 Å². The van der Waals surface area contributed by atoms with Gasteiger partial charge in [0.2, 0.25) is 5.95 Å². The SMILES string of the molecule is COc1cccc(-n2ccnc2N)c1. The van der Waals surface area contributed by atoms with Gasteiger partial charge in [-0.05, 0) is 12.1 Å². The summed E-state index contributed by atoms with van der Waals surface area (Å²) in [5, 5.41) is 0. The zero-order valence-electron chi connectivity index (χ0n) is 7.84. The van der Waals surface area contributed by atoms with Gasteiger partial charge in [-0.15, -0.1) is 0 Å². The van der Waals surface area contributed by atoms with Crippen molar-refractivity contribution in [1.82, 2.24) is 9.55 Å². The van der Waals surface area contributed by atoms with Gasteiger partial charge >= 0.3 is 0 Å². The Bertz CT molecular complexity index is 436. The van der Waals surface area contributed by atoms with E-state index in [-0.39, 0.29) is 0 Å². The fraction of sp³-hybridized carbons (Fsp3) is 0.100. The molecule has 0 amide bonds. The van der Waals surface area contributed by atoms with E-state index in [4.69, 9.17) is 10.5 Å². The Hall–Kier alpha value is -1.97. The number of aromatic nitrogens is 2. The third kappa shape index (κ3) is 1.42. The lowest BCUT2D eigenvalue weighted by molar-refractivity contribution is 0.414. The lowest BCUT2D eigenvalue weighted by Crippen LogP contribution is -1.99. The minimum Gasteiger partial charge on any atom is -0.497 e. The molecule has 0 aliphatic heterocycles. The fourth-order valence-electron chi connectivity index (χ4n) is 1.29. The minimum atomic E-state index is 0.471. The number of hydrogen-bond acceptors (Lipinski definition) is 3. The summed E-state index contributed by atoms with van der Waals surface area (Å²) in [5.41, 5.74) is 6.62. The third-order valence-electron chi connectivity index (χ3n) is 2.00. The molecule has 0 unspecified atom stereocenters. The van der Waals surface area contributed by atoms with Crippen molar-refractivity contribution in [1.29, 1.82) is 0 Å². The van der Waals surface area contributed by atoms with Crippen molar-refractivity contribution in [3.8, 4) is 11.4 Å². The number of imidazole rings is 1. The summed E-state index contributed by atoms with van der Waals surface area (Å²) in [6.07, 6.45) is 3.47. The maximum Gasteiger partial charge on any atom is 0.204 e. The Kier molecular flexibility index (Phi) is 2.10. The van der Waals surface area contributed by atoms with Crippen molar-refractivity contribution in [3.63, 3.8) is 0 Å². The van der Waals surface area contributed by atoms with Crippen molar-refractivity contribution >= 4 is 5.95 Å². The molecule has 0 bridgehead atoms. The summed E-state index contributed by atoms with van der Waals surface area (Å²) in [7, 11) is 1.64. The molecule has 2 N–H and O–H groups in total.